The van der Waals surface area contributed by atoms with Crippen LogP contribution in [0.4, 0.5) is 0 Å². The second kappa shape index (κ2) is 30.7. The zero-order valence-corrected chi connectivity index (χ0v) is 29.9. The summed E-state index contributed by atoms with van der Waals surface area (Å²) in [4.78, 5) is 18.8. The SMILES string of the molecule is CCCCCCCCCCCCCCCCOC(C)(CCCCCCCCCCCCCCCC)C(CO)OP(=O)(O)O. The summed E-state index contributed by atoms with van der Waals surface area (Å²) in [5.41, 5.74) is -0.913. The third kappa shape index (κ3) is 29.2. The Bertz CT molecular complexity index is 613. The summed E-state index contributed by atoms with van der Waals surface area (Å²) in [6.45, 7) is 6.42. The predicted octanol–water partition coefficient (Wildman–Crippen LogP) is 11.6. The van der Waals surface area contributed by atoms with Crippen LogP contribution >= 0.6 is 7.82 Å². The van der Waals surface area contributed by atoms with E-state index in [1.165, 1.54) is 148 Å². The molecular weight excluding hydrogens is 559 g/mol. The second-order valence-corrected chi connectivity index (χ2v) is 14.6. The third-order valence-corrected chi connectivity index (χ3v) is 9.60. The van der Waals surface area contributed by atoms with Crippen LogP contribution < -0.4 is 0 Å². The van der Waals surface area contributed by atoms with Crippen molar-refractivity contribution < 1.29 is 28.7 Å². The first-order chi connectivity index (χ1) is 20.8. The summed E-state index contributed by atoms with van der Waals surface area (Å²) in [5, 5.41) is 9.92. The lowest BCUT2D eigenvalue weighted by molar-refractivity contribution is -0.128. The molecule has 6 nitrogen and oxygen atoms in total. The smallest absolute Gasteiger partial charge is 0.394 e. The number of aliphatic hydroxyl groups excluding tert-OH is 1. The molecule has 0 heterocycles. The topological polar surface area (TPSA) is 96.2 Å². The van der Waals surface area contributed by atoms with Crippen molar-refractivity contribution >= 4 is 7.82 Å². The molecule has 0 saturated carbocycles. The van der Waals surface area contributed by atoms with Crippen molar-refractivity contribution in [2.24, 2.45) is 0 Å². The molecule has 0 saturated heterocycles. The first-order valence-corrected chi connectivity index (χ1v) is 20.3. The van der Waals surface area contributed by atoms with Crippen LogP contribution in [-0.2, 0) is 13.8 Å². The molecule has 0 aliphatic heterocycles. The molecule has 0 radical (unpaired) electrons. The fourth-order valence-corrected chi connectivity index (χ4v) is 6.72. The number of phosphoric acid groups is 1. The lowest BCUT2D eigenvalue weighted by atomic mass is 9.91. The van der Waals surface area contributed by atoms with Gasteiger partial charge in [0.1, 0.15) is 6.10 Å². The molecule has 0 aromatic heterocycles. The normalized spacial score (nSPS) is 14.3. The van der Waals surface area contributed by atoms with Crippen LogP contribution in [0.25, 0.3) is 0 Å². The maximum Gasteiger partial charge on any atom is 0.470 e. The highest BCUT2D eigenvalue weighted by Gasteiger charge is 2.39. The number of unbranched alkanes of at least 4 members (excludes halogenated alkanes) is 26. The molecule has 7 heteroatoms. The molecule has 0 amide bonds. The summed E-state index contributed by atoms with van der Waals surface area (Å²) in [5.74, 6) is 0. The number of hydrogen-bond donors (Lipinski definition) is 3. The van der Waals surface area contributed by atoms with E-state index in [1.807, 2.05) is 6.92 Å². The van der Waals surface area contributed by atoms with Gasteiger partial charge in [0, 0.05) is 6.61 Å². The van der Waals surface area contributed by atoms with Gasteiger partial charge in [0.2, 0.25) is 0 Å². The predicted molar refractivity (Wildman–Crippen MR) is 184 cm³/mol. The van der Waals surface area contributed by atoms with Gasteiger partial charge < -0.3 is 19.6 Å². The number of ether oxygens (including phenoxy) is 1. The van der Waals surface area contributed by atoms with Crippen molar-refractivity contribution in [1.82, 2.24) is 0 Å². The monoisotopic (exact) mass is 635 g/mol. The number of aliphatic hydroxyl groups is 1. The molecule has 2 unspecified atom stereocenters. The molecule has 0 aliphatic carbocycles. The van der Waals surface area contributed by atoms with Gasteiger partial charge in [0.15, 0.2) is 0 Å². The molecule has 43 heavy (non-hydrogen) atoms. The summed E-state index contributed by atoms with van der Waals surface area (Å²) >= 11 is 0. The highest BCUT2D eigenvalue weighted by molar-refractivity contribution is 7.46. The number of rotatable bonds is 35. The Morgan fingerprint density at radius 1 is 0.535 bits per heavy atom. The second-order valence-electron chi connectivity index (χ2n) is 13.4. The van der Waals surface area contributed by atoms with Crippen molar-refractivity contribution in [2.75, 3.05) is 13.2 Å². The molecule has 0 aromatic carbocycles. The van der Waals surface area contributed by atoms with Crippen LogP contribution in [0.1, 0.15) is 207 Å². The van der Waals surface area contributed by atoms with Gasteiger partial charge in [0.25, 0.3) is 0 Å². The molecule has 0 spiro atoms. The van der Waals surface area contributed by atoms with Crippen LogP contribution in [-0.4, -0.2) is 39.8 Å². The maximum atomic E-state index is 11.6. The Balaban J connectivity index is 4.10. The average Bonchev–Trinajstić information content (AvgIpc) is 2.97. The zero-order valence-electron chi connectivity index (χ0n) is 29.0. The molecular formula is C36H75O6P. The van der Waals surface area contributed by atoms with Crippen LogP contribution in [0.2, 0.25) is 0 Å². The largest absolute Gasteiger partial charge is 0.470 e. The van der Waals surface area contributed by atoms with Crippen LogP contribution in [0.5, 0.6) is 0 Å². The minimum Gasteiger partial charge on any atom is -0.394 e. The quantitative estimate of drug-likeness (QED) is 0.0474. The lowest BCUT2D eigenvalue weighted by Crippen LogP contribution is -2.46. The van der Waals surface area contributed by atoms with Gasteiger partial charge in [-0.15, -0.1) is 0 Å². The van der Waals surface area contributed by atoms with Crippen LogP contribution in [0.3, 0.4) is 0 Å². The summed E-state index contributed by atoms with van der Waals surface area (Å²) in [6.07, 6.45) is 35.6. The van der Waals surface area contributed by atoms with Gasteiger partial charge in [-0.1, -0.05) is 187 Å². The number of hydrogen-bond acceptors (Lipinski definition) is 4. The van der Waals surface area contributed by atoms with Crippen LogP contribution in [0, 0.1) is 0 Å². The molecule has 260 valence electrons. The Hall–Kier alpha value is 0.0300. The highest BCUT2D eigenvalue weighted by Crippen LogP contribution is 2.42. The van der Waals surface area contributed by atoms with Gasteiger partial charge in [0.05, 0.1) is 12.2 Å². The molecule has 0 rings (SSSR count). The van der Waals surface area contributed by atoms with Gasteiger partial charge in [-0.3, -0.25) is 4.52 Å². The fourth-order valence-electron chi connectivity index (χ4n) is 6.10. The summed E-state index contributed by atoms with van der Waals surface area (Å²) < 4.78 is 22.8. The number of phosphoric ester groups is 1. The molecule has 2 atom stereocenters. The minimum atomic E-state index is -4.72. The van der Waals surface area contributed by atoms with Gasteiger partial charge in [-0.25, -0.2) is 4.57 Å². The van der Waals surface area contributed by atoms with Gasteiger partial charge in [-0.05, 0) is 19.8 Å². The van der Waals surface area contributed by atoms with Gasteiger partial charge in [-0.2, -0.15) is 0 Å². The van der Waals surface area contributed by atoms with Crippen molar-refractivity contribution in [3.05, 3.63) is 0 Å². The molecule has 0 aromatic rings. The van der Waals surface area contributed by atoms with Crippen molar-refractivity contribution in [2.45, 2.75) is 219 Å². The zero-order chi connectivity index (χ0) is 31.9. The highest BCUT2D eigenvalue weighted by atomic mass is 31.2. The van der Waals surface area contributed by atoms with Crippen LogP contribution in [0.15, 0.2) is 0 Å². The van der Waals surface area contributed by atoms with Crippen molar-refractivity contribution in [3.8, 4) is 0 Å². The first-order valence-electron chi connectivity index (χ1n) is 18.8. The Kier molecular flexibility index (Phi) is 30.7. The Morgan fingerprint density at radius 3 is 1.14 bits per heavy atom. The summed E-state index contributed by atoms with van der Waals surface area (Å²) in [6, 6.07) is 0. The van der Waals surface area contributed by atoms with E-state index in [-0.39, 0.29) is 0 Å². The van der Waals surface area contributed by atoms with Crippen molar-refractivity contribution in [3.63, 3.8) is 0 Å². The fraction of sp³-hybridized carbons (Fsp3) is 1.00. The van der Waals surface area contributed by atoms with E-state index in [4.69, 9.17) is 9.26 Å². The average molecular weight is 635 g/mol. The Labute approximate surface area is 268 Å². The molecule has 0 aliphatic rings. The van der Waals surface area contributed by atoms with E-state index in [9.17, 15) is 19.5 Å². The van der Waals surface area contributed by atoms with E-state index in [0.717, 1.165) is 32.1 Å². The van der Waals surface area contributed by atoms with E-state index in [0.29, 0.717) is 13.0 Å². The lowest BCUT2D eigenvalue weighted by Gasteiger charge is -2.36. The maximum absolute atomic E-state index is 11.6. The first kappa shape index (κ1) is 43.0. The van der Waals surface area contributed by atoms with E-state index in [1.54, 1.807) is 0 Å². The summed E-state index contributed by atoms with van der Waals surface area (Å²) in [7, 11) is -4.72. The van der Waals surface area contributed by atoms with Gasteiger partial charge >= 0.3 is 7.82 Å². The minimum absolute atomic E-state index is 0.473. The molecule has 0 fully saturated rings. The standard InChI is InChI=1S/C36H75O6P/c1-4-6-8-10-12-14-16-18-20-22-24-26-28-30-32-36(3,35(34-37)42-43(38,39)40)41-33-31-29-27-25-23-21-19-17-15-13-11-9-7-5-2/h35,37H,4-34H2,1-3H3,(H2,38,39,40). The molecule has 0 bridgehead atoms. The van der Waals surface area contributed by atoms with Crippen molar-refractivity contribution in [1.29, 1.82) is 0 Å². The third-order valence-electron chi connectivity index (χ3n) is 9.07. The molecule has 3 N–H and O–H groups in total. The van der Waals surface area contributed by atoms with E-state index >= 15 is 0 Å². The van der Waals surface area contributed by atoms with E-state index < -0.39 is 26.1 Å². The van der Waals surface area contributed by atoms with E-state index in [2.05, 4.69) is 13.8 Å². The Morgan fingerprint density at radius 2 is 0.837 bits per heavy atom.